The summed E-state index contributed by atoms with van der Waals surface area (Å²) in [5.74, 6) is 3.90. The molecule has 57 heavy (non-hydrogen) atoms. The molecule has 3 aliphatic rings. The Morgan fingerprint density at radius 1 is 0.667 bits per heavy atom. The Kier molecular flexibility index (Phi) is 23.3. The van der Waals surface area contributed by atoms with Crippen LogP contribution in [0.3, 0.4) is 0 Å². The van der Waals surface area contributed by atoms with Crippen molar-refractivity contribution in [2.45, 2.75) is 173 Å². The van der Waals surface area contributed by atoms with Crippen molar-refractivity contribution < 1.29 is 32.7 Å². The van der Waals surface area contributed by atoms with Crippen LogP contribution in [0.25, 0.3) is 0 Å². The first kappa shape index (κ1) is 49.3. The zero-order valence-corrected chi connectivity index (χ0v) is 41.1. The van der Waals surface area contributed by atoms with Crippen molar-refractivity contribution in [1.82, 2.24) is 0 Å². The first-order valence-corrected chi connectivity index (χ1v) is 31.4. The second kappa shape index (κ2) is 26.9. The summed E-state index contributed by atoms with van der Waals surface area (Å²) in [7, 11) is -4.22. The summed E-state index contributed by atoms with van der Waals surface area (Å²) in [5.41, 5.74) is 2.63. The van der Waals surface area contributed by atoms with Crippen molar-refractivity contribution in [3.8, 4) is 11.5 Å². The Morgan fingerprint density at radius 3 is 1.65 bits per heavy atom. The summed E-state index contributed by atoms with van der Waals surface area (Å²) in [5, 5.41) is 19.5. The summed E-state index contributed by atoms with van der Waals surface area (Å²) >= 11 is 7.61. The molecule has 6 atom stereocenters. The zero-order valence-electron chi connectivity index (χ0n) is 35.8. The highest BCUT2D eigenvalue weighted by molar-refractivity contribution is 8.17. The monoisotopic (exact) mass is 898 g/mol. The van der Waals surface area contributed by atoms with Crippen LogP contribution in [0.5, 0.6) is 11.5 Å². The molecule has 324 valence electrons. The van der Waals surface area contributed by atoms with Gasteiger partial charge in [-0.1, -0.05) is 102 Å². The van der Waals surface area contributed by atoms with E-state index in [9.17, 15) is 10.2 Å². The van der Waals surface area contributed by atoms with E-state index in [0.717, 1.165) is 68.5 Å². The van der Waals surface area contributed by atoms with Crippen molar-refractivity contribution >= 4 is 64.2 Å². The normalized spacial score (nSPS) is 25.2. The molecule has 3 saturated heterocycles. The van der Waals surface area contributed by atoms with Gasteiger partial charge in [-0.15, -0.1) is 47.0 Å². The molecule has 7 nitrogen and oxygen atoms in total. The third kappa shape index (κ3) is 19.5. The van der Waals surface area contributed by atoms with Crippen LogP contribution in [0.1, 0.15) is 115 Å². The Balaban J connectivity index is 0.000000261. The molecule has 0 saturated carbocycles. The molecule has 3 fully saturated rings. The summed E-state index contributed by atoms with van der Waals surface area (Å²) in [6, 6.07) is 17.0. The molecule has 3 heterocycles. The van der Waals surface area contributed by atoms with E-state index < -0.39 is 17.1 Å². The van der Waals surface area contributed by atoms with Gasteiger partial charge in [-0.05, 0) is 87.3 Å². The maximum atomic E-state index is 9.85. The minimum absolute atomic E-state index is 0.0183. The van der Waals surface area contributed by atoms with Gasteiger partial charge in [0.05, 0.1) is 58.3 Å². The van der Waals surface area contributed by atoms with Gasteiger partial charge >= 0.3 is 17.1 Å². The lowest BCUT2D eigenvalue weighted by atomic mass is 10.1. The quantitative estimate of drug-likeness (QED) is 0.0826. The van der Waals surface area contributed by atoms with Gasteiger partial charge in [0.15, 0.2) is 0 Å². The van der Waals surface area contributed by atoms with E-state index >= 15 is 0 Å². The maximum absolute atomic E-state index is 9.85. The van der Waals surface area contributed by atoms with Gasteiger partial charge in [-0.3, -0.25) is 0 Å². The number of unbranched alkanes of at least 4 members (excludes halogenated alkanes) is 10. The SMILES string of the molecule is CCCCCCCCOc1ccc(CSC2C[C@@H]3O[Si](C)(C)O[Si](C)(C)OC[C@H]3S2)cc1.CCCCCCCCOc1ccc(CSC2C[C@H](O)[C@@H](CO)S2)cc1. The minimum Gasteiger partial charge on any atom is -0.494 e. The van der Waals surface area contributed by atoms with E-state index in [4.69, 9.17) is 22.4 Å². The Bertz CT molecular complexity index is 1360. The van der Waals surface area contributed by atoms with Crippen LogP contribution in [0.4, 0.5) is 0 Å². The van der Waals surface area contributed by atoms with Gasteiger partial charge in [0.25, 0.3) is 0 Å². The molecule has 2 aromatic carbocycles. The van der Waals surface area contributed by atoms with Crippen LogP contribution in [0.2, 0.25) is 26.2 Å². The van der Waals surface area contributed by atoms with Crippen molar-refractivity contribution in [3.05, 3.63) is 59.7 Å². The minimum atomic E-state index is -2.14. The van der Waals surface area contributed by atoms with Crippen LogP contribution in [0.15, 0.2) is 48.5 Å². The number of aliphatic hydroxyl groups is 2. The first-order chi connectivity index (χ1) is 27.5. The number of ether oxygens (including phenoxy) is 2. The summed E-state index contributed by atoms with van der Waals surface area (Å²) in [6.45, 7) is 15.5. The summed E-state index contributed by atoms with van der Waals surface area (Å²) in [6.07, 6.45) is 17.2. The molecule has 0 bridgehead atoms. The van der Waals surface area contributed by atoms with E-state index in [-0.39, 0.29) is 24.1 Å². The molecule has 2 unspecified atom stereocenters. The van der Waals surface area contributed by atoms with E-state index in [2.05, 4.69) is 88.6 Å². The van der Waals surface area contributed by atoms with Crippen molar-refractivity contribution in [2.24, 2.45) is 0 Å². The standard InChI is InChI=1S/C24H42O4S2Si2.C20H32O3S2/c1-6-7-8-9-10-11-16-25-21-14-12-20(13-15-21)19-29-24-17-22-23(30-24)18-26-31(2,3)28-32(4,5)27-22;1-2-3-4-5-6-7-12-23-17-10-8-16(9-11-17)15-24-20-13-18(22)19(14-21)25-20/h12-15,22-24H,6-11,16-19H2,1-5H3;8-11,18-22H,2-7,12-15H2,1H3/t22-,23+,24?;18-,19+,20?/m00/s1. The topological polar surface area (TPSA) is 86.6 Å². The summed E-state index contributed by atoms with van der Waals surface area (Å²) < 4.78 is 31.7. The molecule has 2 N–H and O–H groups in total. The maximum Gasteiger partial charge on any atom is 0.323 e. The number of hydrogen-bond donors (Lipinski definition) is 2. The van der Waals surface area contributed by atoms with E-state index in [1.165, 1.54) is 75.3 Å². The molecule has 13 heteroatoms. The molecule has 0 amide bonds. The lowest BCUT2D eigenvalue weighted by Crippen LogP contribution is -2.54. The van der Waals surface area contributed by atoms with Crippen molar-refractivity contribution in [3.63, 3.8) is 0 Å². The third-order valence-corrected chi connectivity index (χ3v) is 22.2. The van der Waals surface area contributed by atoms with Gasteiger partial charge in [-0.2, -0.15) is 0 Å². The highest BCUT2D eigenvalue weighted by atomic mass is 32.2. The van der Waals surface area contributed by atoms with Crippen LogP contribution in [0, 0.1) is 0 Å². The first-order valence-electron chi connectivity index (χ1n) is 21.8. The van der Waals surface area contributed by atoms with Gasteiger partial charge < -0.3 is 32.7 Å². The molecule has 3 aliphatic heterocycles. The Morgan fingerprint density at radius 2 is 1.16 bits per heavy atom. The smallest absolute Gasteiger partial charge is 0.323 e. The van der Waals surface area contributed by atoms with Gasteiger partial charge in [0, 0.05) is 11.5 Å². The number of thioether (sulfide) groups is 4. The predicted molar refractivity (Wildman–Crippen MR) is 253 cm³/mol. The number of hydrogen-bond acceptors (Lipinski definition) is 11. The van der Waals surface area contributed by atoms with E-state index in [1.807, 2.05) is 35.3 Å². The second-order valence-electron chi connectivity index (χ2n) is 16.4. The second-order valence-corrected chi connectivity index (χ2v) is 29.3. The fourth-order valence-corrected chi connectivity index (χ4v) is 20.1. The predicted octanol–water partition coefficient (Wildman–Crippen LogP) is 12.2. The third-order valence-electron chi connectivity index (χ3n) is 10.3. The highest BCUT2D eigenvalue weighted by Gasteiger charge is 2.46. The summed E-state index contributed by atoms with van der Waals surface area (Å²) in [4.78, 5) is 0. The van der Waals surface area contributed by atoms with Gasteiger partial charge in [0.2, 0.25) is 0 Å². The van der Waals surface area contributed by atoms with Crippen LogP contribution >= 0.6 is 47.0 Å². The molecule has 5 rings (SSSR count). The Labute approximate surface area is 365 Å². The van der Waals surface area contributed by atoms with Crippen LogP contribution < -0.4 is 9.47 Å². The van der Waals surface area contributed by atoms with Gasteiger partial charge in [0.1, 0.15) is 11.5 Å². The van der Waals surface area contributed by atoms with Crippen molar-refractivity contribution in [1.29, 1.82) is 0 Å². The Hall–Kier alpha value is -0.326. The average molecular weight is 900 g/mol. The molecule has 0 aliphatic carbocycles. The molecular formula is C44H74O7S4Si2. The number of aliphatic hydroxyl groups excluding tert-OH is 2. The van der Waals surface area contributed by atoms with E-state index in [0.29, 0.717) is 14.4 Å². The molecule has 0 spiro atoms. The molecular weight excluding hydrogens is 825 g/mol. The molecule has 2 aromatic rings. The highest BCUT2D eigenvalue weighted by Crippen LogP contribution is 2.45. The lowest BCUT2D eigenvalue weighted by molar-refractivity contribution is 0.0967. The average Bonchev–Trinajstić information content (AvgIpc) is 3.75. The van der Waals surface area contributed by atoms with Crippen LogP contribution in [-0.2, 0) is 24.5 Å². The van der Waals surface area contributed by atoms with E-state index in [1.54, 1.807) is 11.8 Å². The largest absolute Gasteiger partial charge is 0.494 e. The zero-order chi connectivity index (χ0) is 40.9. The molecule has 0 aromatic heterocycles. The van der Waals surface area contributed by atoms with Crippen LogP contribution in [-0.4, -0.2) is 85.6 Å². The molecule has 0 radical (unpaired) electrons. The lowest BCUT2D eigenvalue weighted by Gasteiger charge is -2.39. The van der Waals surface area contributed by atoms with Crippen molar-refractivity contribution in [2.75, 3.05) is 26.4 Å². The van der Waals surface area contributed by atoms with Gasteiger partial charge in [-0.25, -0.2) is 0 Å². The number of fused-ring (bicyclic) bond motifs is 1. The number of benzene rings is 2. The fourth-order valence-electron chi connectivity index (χ4n) is 7.20. The fraction of sp³-hybridized carbons (Fsp3) is 0.727. The number of rotatable bonds is 23.